The summed E-state index contributed by atoms with van der Waals surface area (Å²) in [5.41, 5.74) is 2.98. The number of aryl methyl sites for hydroxylation is 1. The van der Waals surface area contributed by atoms with E-state index in [0.29, 0.717) is 32.6 Å². The Bertz CT molecular complexity index is 951. The van der Waals surface area contributed by atoms with Crippen LogP contribution in [0.15, 0.2) is 53.2 Å². The number of nitriles is 1. The van der Waals surface area contributed by atoms with Gasteiger partial charge in [0.15, 0.2) is 6.61 Å². The first-order valence-electron chi connectivity index (χ1n) is 7.72. The van der Waals surface area contributed by atoms with Gasteiger partial charge in [-0.1, -0.05) is 35.9 Å². The van der Waals surface area contributed by atoms with E-state index in [0.717, 1.165) is 11.1 Å². The summed E-state index contributed by atoms with van der Waals surface area (Å²) in [5.74, 6) is 0.591. The molecule has 0 aliphatic carbocycles. The summed E-state index contributed by atoms with van der Waals surface area (Å²) in [6.07, 6.45) is 1.78. The van der Waals surface area contributed by atoms with Gasteiger partial charge in [-0.2, -0.15) is 5.26 Å². The van der Waals surface area contributed by atoms with Gasteiger partial charge in [0.1, 0.15) is 5.75 Å². The van der Waals surface area contributed by atoms with Crippen LogP contribution in [0.4, 0.5) is 0 Å². The van der Waals surface area contributed by atoms with Crippen LogP contribution < -0.4 is 9.64 Å². The van der Waals surface area contributed by atoms with E-state index in [2.05, 4.69) is 15.9 Å². The van der Waals surface area contributed by atoms with Crippen LogP contribution >= 0.6 is 11.6 Å². The summed E-state index contributed by atoms with van der Waals surface area (Å²) in [6, 6.07) is 16.5. The zero-order valence-corrected chi connectivity index (χ0v) is 14.6. The third kappa shape index (κ3) is 4.02. The molecule has 0 N–H and O–H groups in total. The normalized spacial score (nSPS) is 11.2. The van der Waals surface area contributed by atoms with Gasteiger partial charge in [0.2, 0.25) is 11.4 Å². The molecule has 0 spiro atoms. The molecule has 1 heterocycles. The number of halogens is 1. The highest BCUT2D eigenvalue weighted by Gasteiger charge is 2.14. The number of ether oxygens (including phenoxy) is 1. The van der Waals surface area contributed by atoms with Gasteiger partial charge in [-0.05, 0) is 46.4 Å². The Morgan fingerprint density at radius 2 is 1.96 bits per heavy atom. The second-order valence-corrected chi connectivity index (χ2v) is 5.93. The molecule has 6 nitrogen and oxygen atoms in total. The quantitative estimate of drug-likeness (QED) is 0.387. The molecule has 3 aromatic rings. The Labute approximate surface area is 155 Å². The van der Waals surface area contributed by atoms with Crippen LogP contribution in [0.1, 0.15) is 22.5 Å². The first-order valence-corrected chi connectivity index (χ1v) is 8.10. The Morgan fingerprint density at radius 3 is 2.54 bits per heavy atom. The van der Waals surface area contributed by atoms with Crippen molar-refractivity contribution in [2.45, 2.75) is 13.5 Å². The maximum atomic E-state index is 11.4. The number of benzene rings is 2. The zero-order chi connectivity index (χ0) is 18.5. The summed E-state index contributed by atoms with van der Waals surface area (Å²) in [6.45, 7) is 1.73. The second kappa shape index (κ2) is 7.72. The number of hydrogen-bond acceptors (Lipinski definition) is 5. The summed E-state index contributed by atoms with van der Waals surface area (Å²) in [5, 5.41) is 25.0. The van der Waals surface area contributed by atoms with E-state index in [9.17, 15) is 10.5 Å². The fourth-order valence-electron chi connectivity index (χ4n) is 2.28. The highest BCUT2D eigenvalue weighted by Crippen LogP contribution is 2.21. The SMILES string of the molecule is Cc1no[n+]([O-])c1COc1ccc(/C=C(\C#N)c2ccc(Cl)cc2)cc1. The van der Waals surface area contributed by atoms with Crippen molar-refractivity contribution in [3.8, 4) is 11.8 Å². The minimum Gasteiger partial charge on any atom is -0.485 e. The largest absolute Gasteiger partial charge is 0.485 e. The minimum absolute atomic E-state index is 0.0578. The molecule has 0 saturated carbocycles. The number of nitrogens with zero attached hydrogens (tertiary/aromatic N) is 3. The van der Waals surface area contributed by atoms with Crippen LogP contribution in [-0.4, -0.2) is 5.16 Å². The van der Waals surface area contributed by atoms with Gasteiger partial charge >= 0.3 is 0 Å². The van der Waals surface area contributed by atoms with E-state index in [4.69, 9.17) is 16.3 Å². The lowest BCUT2D eigenvalue weighted by Crippen LogP contribution is -2.29. The molecule has 0 fully saturated rings. The van der Waals surface area contributed by atoms with E-state index >= 15 is 0 Å². The molecule has 0 saturated heterocycles. The van der Waals surface area contributed by atoms with E-state index in [-0.39, 0.29) is 6.61 Å². The standard InChI is InChI=1S/C19H14ClN3O3/c1-13-19(23(24)26-22-13)12-25-18-8-2-14(3-9-18)10-16(11-21)15-4-6-17(20)7-5-15/h2-10H,12H2,1H3/b16-10+. The van der Waals surface area contributed by atoms with Crippen molar-refractivity contribution in [1.82, 2.24) is 5.16 Å². The molecule has 0 bridgehead atoms. The lowest BCUT2D eigenvalue weighted by Gasteiger charge is -2.05. The summed E-state index contributed by atoms with van der Waals surface area (Å²) in [7, 11) is 0. The van der Waals surface area contributed by atoms with Gasteiger partial charge in [0.25, 0.3) is 0 Å². The summed E-state index contributed by atoms with van der Waals surface area (Å²) < 4.78 is 10.1. The third-order valence-corrected chi connectivity index (χ3v) is 3.98. The number of aromatic nitrogens is 2. The molecule has 1 aromatic heterocycles. The molecule has 0 aliphatic heterocycles. The van der Waals surface area contributed by atoms with Gasteiger partial charge in [0.05, 0.1) is 11.6 Å². The lowest BCUT2D eigenvalue weighted by molar-refractivity contribution is -0.808. The molecule has 130 valence electrons. The molecule has 0 radical (unpaired) electrons. The van der Waals surface area contributed by atoms with Crippen LogP contribution in [-0.2, 0) is 6.61 Å². The molecule has 3 rings (SSSR count). The Kier molecular flexibility index (Phi) is 5.20. The summed E-state index contributed by atoms with van der Waals surface area (Å²) in [4.78, 5) is 0.331. The number of hydrogen-bond donors (Lipinski definition) is 0. The van der Waals surface area contributed by atoms with Crippen molar-refractivity contribution in [3.63, 3.8) is 0 Å². The van der Waals surface area contributed by atoms with Crippen LogP contribution in [0.3, 0.4) is 0 Å². The Balaban J connectivity index is 1.72. The predicted molar refractivity (Wildman–Crippen MR) is 95.9 cm³/mol. The Hall–Kier alpha value is -3.30. The highest BCUT2D eigenvalue weighted by atomic mass is 35.5. The minimum atomic E-state index is 0.0578. The fourth-order valence-corrected chi connectivity index (χ4v) is 2.40. The van der Waals surface area contributed by atoms with Gasteiger partial charge in [-0.15, -0.1) is 0 Å². The molecule has 0 aliphatic rings. The average molecular weight is 368 g/mol. The van der Waals surface area contributed by atoms with Crippen molar-refractivity contribution in [1.29, 1.82) is 5.26 Å². The maximum Gasteiger partial charge on any atom is 0.235 e. The third-order valence-electron chi connectivity index (χ3n) is 3.73. The van der Waals surface area contributed by atoms with Crippen molar-refractivity contribution >= 4 is 23.3 Å². The smallest absolute Gasteiger partial charge is 0.235 e. The van der Waals surface area contributed by atoms with Crippen molar-refractivity contribution < 1.29 is 14.3 Å². The van der Waals surface area contributed by atoms with Crippen LogP contribution in [0.25, 0.3) is 11.6 Å². The highest BCUT2D eigenvalue weighted by molar-refractivity contribution is 6.30. The van der Waals surface area contributed by atoms with E-state index < -0.39 is 0 Å². The van der Waals surface area contributed by atoms with Gasteiger partial charge in [-0.3, -0.25) is 4.63 Å². The molecule has 26 heavy (non-hydrogen) atoms. The van der Waals surface area contributed by atoms with Gasteiger partial charge in [-0.25, -0.2) is 0 Å². The zero-order valence-electron chi connectivity index (χ0n) is 13.8. The van der Waals surface area contributed by atoms with Crippen molar-refractivity contribution in [2.75, 3.05) is 0 Å². The molecule has 0 amide bonds. The van der Waals surface area contributed by atoms with Crippen LogP contribution in [0.5, 0.6) is 5.75 Å². The monoisotopic (exact) mass is 367 g/mol. The second-order valence-electron chi connectivity index (χ2n) is 5.50. The molecule has 7 heteroatoms. The first-order chi connectivity index (χ1) is 12.6. The van der Waals surface area contributed by atoms with Crippen LogP contribution in [0.2, 0.25) is 5.02 Å². The molecular formula is C19H14ClN3O3. The fraction of sp³-hybridized carbons (Fsp3) is 0.105. The van der Waals surface area contributed by atoms with Crippen molar-refractivity contribution in [3.05, 3.63) is 81.3 Å². The van der Waals surface area contributed by atoms with E-state index in [1.54, 1.807) is 49.4 Å². The van der Waals surface area contributed by atoms with Crippen molar-refractivity contribution in [2.24, 2.45) is 0 Å². The topological polar surface area (TPSA) is 86.0 Å². The lowest BCUT2D eigenvalue weighted by atomic mass is 10.0. The summed E-state index contributed by atoms with van der Waals surface area (Å²) >= 11 is 5.88. The molecule has 0 unspecified atom stereocenters. The maximum absolute atomic E-state index is 11.4. The van der Waals surface area contributed by atoms with E-state index in [1.165, 1.54) is 0 Å². The Morgan fingerprint density at radius 1 is 1.27 bits per heavy atom. The predicted octanol–water partition coefficient (Wildman–Crippen LogP) is 3.91. The van der Waals surface area contributed by atoms with Crippen LogP contribution in [0, 0.1) is 23.5 Å². The molecule has 0 atom stereocenters. The molecular weight excluding hydrogens is 354 g/mol. The molecule has 2 aromatic carbocycles. The average Bonchev–Trinajstić information content (AvgIpc) is 2.98. The number of rotatable bonds is 5. The van der Waals surface area contributed by atoms with Gasteiger partial charge < -0.3 is 9.94 Å². The van der Waals surface area contributed by atoms with Gasteiger partial charge in [0, 0.05) is 17.1 Å². The van der Waals surface area contributed by atoms with E-state index in [1.807, 2.05) is 12.1 Å². The first kappa shape index (κ1) is 17.5. The number of allylic oxidation sites excluding steroid dienone is 1.